The zero-order valence-corrected chi connectivity index (χ0v) is 12.6. The van der Waals surface area contributed by atoms with E-state index >= 15 is 0 Å². The van der Waals surface area contributed by atoms with E-state index < -0.39 is 17.7 Å². The second kappa shape index (κ2) is 6.47. The van der Waals surface area contributed by atoms with Crippen molar-refractivity contribution in [2.45, 2.75) is 10.4 Å². The number of halogens is 2. The van der Waals surface area contributed by atoms with Gasteiger partial charge in [-0.25, -0.2) is 8.78 Å². The fraction of sp³-hybridized carbons (Fsp3) is 0.333. The summed E-state index contributed by atoms with van der Waals surface area (Å²) in [4.78, 5) is 1.86. The van der Waals surface area contributed by atoms with E-state index in [1.165, 1.54) is 23.1 Å². The molecular formula is C12H14F2N4S2. The SMILES string of the molecule is CN(C)c1nnc(SCC(N)c2cc(F)ccc2F)s1. The predicted octanol–water partition coefficient (Wildman–Crippen LogP) is 2.67. The summed E-state index contributed by atoms with van der Waals surface area (Å²) in [5.41, 5.74) is 6.07. The van der Waals surface area contributed by atoms with Crippen LogP contribution in [0.5, 0.6) is 0 Å². The average Bonchev–Trinajstić information content (AvgIpc) is 2.88. The summed E-state index contributed by atoms with van der Waals surface area (Å²) >= 11 is 2.81. The summed E-state index contributed by atoms with van der Waals surface area (Å²) in [7, 11) is 3.76. The van der Waals surface area contributed by atoms with Crippen molar-refractivity contribution in [3.8, 4) is 0 Å². The molecule has 8 heteroatoms. The van der Waals surface area contributed by atoms with Gasteiger partial charge in [0.05, 0.1) is 0 Å². The smallest absolute Gasteiger partial charge is 0.208 e. The summed E-state index contributed by atoms with van der Waals surface area (Å²) in [5, 5.41) is 8.80. The Morgan fingerprint density at radius 2 is 2.10 bits per heavy atom. The third-order valence-electron chi connectivity index (χ3n) is 2.52. The largest absolute Gasteiger partial charge is 0.353 e. The monoisotopic (exact) mass is 316 g/mol. The highest BCUT2D eigenvalue weighted by atomic mass is 32.2. The number of thioether (sulfide) groups is 1. The Morgan fingerprint density at radius 1 is 1.35 bits per heavy atom. The van der Waals surface area contributed by atoms with E-state index in [-0.39, 0.29) is 5.56 Å². The van der Waals surface area contributed by atoms with E-state index in [4.69, 9.17) is 5.73 Å². The van der Waals surface area contributed by atoms with Gasteiger partial charge in [-0.3, -0.25) is 0 Å². The lowest BCUT2D eigenvalue weighted by Gasteiger charge is -2.11. The van der Waals surface area contributed by atoms with Gasteiger partial charge in [0.25, 0.3) is 0 Å². The molecule has 0 radical (unpaired) electrons. The lowest BCUT2D eigenvalue weighted by atomic mass is 10.1. The molecule has 20 heavy (non-hydrogen) atoms. The van der Waals surface area contributed by atoms with Crippen molar-refractivity contribution < 1.29 is 8.78 Å². The van der Waals surface area contributed by atoms with Crippen LogP contribution in [-0.4, -0.2) is 30.0 Å². The van der Waals surface area contributed by atoms with Crippen LogP contribution < -0.4 is 10.6 Å². The van der Waals surface area contributed by atoms with Crippen LogP contribution in [0.2, 0.25) is 0 Å². The van der Waals surface area contributed by atoms with Crippen LogP contribution in [0.25, 0.3) is 0 Å². The van der Waals surface area contributed by atoms with E-state index in [9.17, 15) is 8.78 Å². The third-order valence-corrected chi connectivity index (χ3v) is 4.87. The van der Waals surface area contributed by atoms with Crippen LogP contribution >= 0.6 is 23.1 Å². The lowest BCUT2D eigenvalue weighted by molar-refractivity contribution is 0.573. The minimum Gasteiger partial charge on any atom is -0.353 e. The van der Waals surface area contributed by atoms with E-state index in [1.54, 1.807) is 0 Å². The van der Waals surface area contributed by atoms with Gasteiger partial charge in [-0.2, -0.15) is 0 Å². The molecule has 2 rings (SSSR count). The molecule has 0 saturated carbocycles. The zero-order valence-electron chi connectivity index (χ0n) is 11.0. The Kier molecular flexibility index (Phi) is 4.90. The number of anilines is 1. The maximum absolute atomic E-state index is 13.6. The van der Waals surface area contributed by atoms with Gasteiger partial charge in [0.2, 0.25) is 5.13 Å². The Balaban J connectivity index is 2.00. The van der Waals surface area contributed by atoms with Gasteiger partial charge in [-0.1, -0.05) is 23.1 Å². The van der Waals surface area contributed by atoms with Crippen LogP contribution in [0, 0.1) is 11.6 Å². The Labute approximate surface area is 124 Å². The summed E-state index contributed by atoms with van der Waals surface area (Å²) in [6, 6.07) is 2.70. The van der Waals surface area contributed by atoms with Crippen molar-refractivity contribution in [1.29, 1.82) is 0 Å². The summed E-state index contributed by atoms with van der Waals surface area (Å²) in [6.07, 6.45) is 0. The number of rotatable bonds is 5. The van der Waals surface area contributed by atoms with Gasteiger partial charge in [-0.05, 0) is 18.2 Å². The van der Waals surface area contributed by atoms with Gasteiger partial charge < -0.3 is 10.6 Å². The van der Waals surface area contributed by atoms with Gasteiger partial charge in [0.15, 0.2) is 4.34 Å². The van der Waals surface area contributed by atoms with Crippen LogP contribution in [0.15, 0.2) is 22.5 Å². The lowest BCUT2D eigenvalue weighted by Crippen LogP contribution is -2.15. The second-order valence-electron chi connectivity index (χ2n) is 4.33. The first-order chi connectivity index (χ1) is 9.47. The second-order valence-corrected chi connectivity index (χ2v) is 6.55. The van der Waals surface area contributed by atoms with Crippen molar-refractivity contribution in [3.05, 3.63) is 35.4 Å². The van der Waals surface area contributed by atoms with Crippen LogP contribution in [0.4, 0.5) is 13.9 Å². The number of hydrogen-bond acceptors (Lipinski definition) is 6. The maximum atomic E-state index is 13.6. The third kappa shape index (κ3) is 3.65. The van der Waals surface area contributed by atoms with Gasteiger partial charge in [-0.15, -0.1) is 10.2 Å². The topological polar surface area (TPSA) is 55.0 Å². The molecule has 1 heterocycles. The highest BCUT2D eigenvalue weighted by Gasteiger charge is 2.14. The van der Waals surface area contributed by atoms with E-state index in [2.05, 4.69) is 10.2 Å². The molecule has 1 aromatic heterocycles. The predicted molar refractivity (Wildman–Crippen MR) is 78.2 cm³/mol. The van der Waals surface area contributed by atoms with Crippen molar-refractivity contribution >= 4 is 28.2 Å². The Hall–Kier alpha value is -1.25. The first kappa shape index (κ1) is 15.1. The molecule has 2 aromatic rings. The number of aromatic nitrogens is 2. The first-order valence-electron chi connectivity index (χ1n) is 5.81. The van der Waals surface area contributed by atoms with Gasteiger partial charge in [0.1, 0.15) is 11.6 Å². The normalized spacial score (nSPS) is 12.4. The van der Waals surface area contributed by atoms with Crippen LogP contribution in [0.1, 0.15) is 11.6 Å². The maximum Gasteiger partial charge on any atom is 0.208 e. The van der Waals surface area contributed by atoms with Crippen molar-refractivity contribution in [2.75, 3.05) is 24.7 Å². The fourth-order valence-corrected chi connectivity index (χ4v) is 3.26. The molecule has 0 fully saturated rings. The molecule has 1 atom stereocenters. The number of hydrogen-bond donors (Lipinski definition) is 1. The molecule has 108 valence electrons. The quantitative estimate of drug-likeness (QED) is 0.860. The molecule has 0 saturated heterocycles. The molecule has 4 nitrogen and oxygen atoms in total. The highest BCUT2D eigenvalue weighted by Crippen LogP contribution is 2.30. The molecule has 0 aliphatic carbocycles. The van der Waals surface area contributed by atoms with E-state index in [0.29, 0.717) is 5.75 Å². The number of nitrogens with zero attached hydrogens (tertiary/aromatic N) is 3. The summed E-state index contributed by atoms with van der Waals surface area (Å²) < 4.78 is 27.4. The van der Waals surface area contributed by atoms with Crippen molar-refractivity contribution in [2.24, 2.45) is 5.73 Å². The molecular weight excluding hydrogens is 302 g/mol. The zero-order chi connectivity index (χ0) is 14.7. The molecule has 0 aliphatic heterocycles. The average molecular weight is 316 g/mol. The first-order valence-corrected chi connectivity index (χ1v) is 7.61. The van der Waals surface area contributed by atoms with Crippen LogP contribution in [-0.2, 0) is 0 Å². The standard InChI is InChI=1S/C12H14F2N4S2/c1-18(2)11-16-17-12(20-11)19-6-10(15)8-5-7(13)3-4-9(8)14/h3-5,10H,6,15H2,1-2H3. The molecule has 0 bridgehead atoms. The van der Waals surface area contributed by atoms with Crippen molar-refractivity contribution in [1.82, 2.24) is 10.2 Å². The minimum absolute atomic E-state index is 0.176. The number of benzene rings is 1. The fourth-order valence-electron chi connectivity index (χ4n) is 1.49. The molecule has 0 aliphatic rings. The summed E-state index contributed by atoms with van der Waals surface area (Å²) in [5.74, 6) is -0.582. The highest BCUT2D eigenvalue weighted by molar-refractivity contribution is 8.01. The van der Waals surface area contributed by atoms with Gasteiger partial charge >= 0.3 is 0 Å². The molecule has 1 unspecified atom stereocenters. The van der Waals surface area contributed by atoms with E-state index in [0.717, 1.165) is 27.7 Å². The molecule has 0 spiro atoms. The minimum atomic E-state index is -0.595. The van der Waals surface area contributed by atoms with Crippen LogP contribution in [0.3, 0.4) is 0 Å². The number of nitrogens with two attached hydrogens (primary N) is 1. The Bertz CT molecular complexity index is 589. The Morgan fingerprint density at radius 3 is 2.75 bits per heavy atom. The molecule has 0 amide bonds. The molecule has 2 N–H and O–H groups in total. The van der Waals surface area contributed by atoms with Crippen molar-refractivity contribution in [3.63, 3.8) is 0 Å². The molecule has 1 aromatic carbocycles. The summed E-state index contributed by atoms with van der Waals surface area (Å²) in [6.45, 7) is 0. The van der Waals surface area contributed by atoms with Gasteiger partial charge in [0, 0.05) is 31.5 Å². The van der Waals surface area contributed by atoms with E-state index in [1.807, 2.05) is 19.0 Å².